The Bertz CT molecular complexity index is 1640. The smallest absolute Gasteiger partial charge is 0.304 e. The van der Waals surface area contributed by atoms with Gasteiger partial charge in [0.1, 0.15) is 11.5 Å². The molecule has 1 saturated carbocycles. The van der Waals surface area contributed by atoms with E-state index in [1.165, 1.54) is 29.1 Å². The van der Waals surface area contributed by atoms with E-state index in [0.717, 1.165) is 78.9 Å². The largest absolute Gasteiger partial charge is 0.497 e. The van der Waals surface area contributed by atoms with Crippen LogP contribution in [0.25, 0.3) is 22.2 Å². The highest BCUT2D eigenvalue weighted by Gasteiger charge is 2.34. The predicted molar refractivity (Wildman–Crippen MR) is 167 cm³/mol. The molecule has 0 unspecified atom stereocenters. The van der Waals surface area contributed by atoms with Crippen molar-refractivity contribution in [2.24, 2.45) is 5.92 Å². The van der Waals surface area contributed by atoms with Crippen LogP contribution in [0.2, 0.25) is 0 Å². The number of fused-ring (bicyclic) bond motifs is 8. The van der Waals surface area contributed by atoms with Crippen molar-refractivity contribution >= 4 is 27.0 Å². The van der Waals surface area contributed by atoms with Gasteiger partial charge >= 0.3 is 10.2 Å². The zero-order valence-electron chi connectivity index (χ0n) is 25.2. The Balaban J connectivity index is 1.44. The van der Waals surface area contributed by atoms with Crippen molar-refractivity contribution in [3.63, 3.8) is 0 Å². The van der Waals surface area contributed by atoms with E-state index in [2.05, 4.69) is 27.3 Å². The summed E-state index contributed by atoms with van der Waals surface area (Å²) >= 11 is 0. The first-order chi connectivity index (χ1) is 20.8. The van der Waals surface area contributed by atoms with Gasteiger partial charge in [0.15, 0.2) is 0 Å². The number of ether oxygens (including phenoxy) is 2. The van der Waals surface area contributed by atoms with Crippen molar-refractivity contribution in [1.29, 1.82) is 0 Å². The zero-order chi connectivity index (χ0) is 29.7. The molecule has 0 radical (unpaired) electrons. The van der Waals surface area contributed by atoms with Crippen molar-refractivity contribution in [2.75, 3.05) is 40.4 Å². The fourth-order valence-electron chi connectivity index (χ4n) is 7.77. The third kappa shape index (κ3) is 5.31. The molecule has 8 rings (SSSR count). The van der Waals surface area contributed by atoms with Crippen LogP contribution in [0, 0.1) is 5.92 Å². The Morgan fingerprint density at radius 3 is 2.51 bits per heavy atom. The highest BCUT2D eigenvalue weighted by molar-refractivity contribution is 7.87. The van der Waals surface area contributed by atoms with Gasteiger partial charge in [0.05, 0.1) is 19.4 Å². The lowest BCUT2D eigenvalue weighted by Crippen LogP contribution is -2.50. The average molecular weight is 607 g/mol. The van der Waals surface area contributed by atoms with Crippen molar-refractivity contribution in [1.82, 2.24) is 18.5 Å². The molecule has 6 bridgehead atoms. The number of nitrogens with one attached hydrogen (secondary N) is 1. The van der Waals surface area contributed by atoms with E-state index in [-0.39, 0.29) is 5.92 Å². The Morgan fingerprint density at radius 1 is 0.953 bits per heavy atom. The molecule has 2 fully saturated rings. The van der Waals surface area contributed by atoms with Crippen molar-refractivity contribution in [3.8, 4) is 22.8 Å². The number of carbonyl (C=O) groups is 1. The van der Waals surface area contributed by atoms with Gasteiger partial charge < -0.3 is 18.9 Å². The standard InChI is InChI=1S/C33H42N4O5S/c1-35-15-12-22-20-37-29-18-24(33(38)34-43(39,40)36-16-13-25(35)14-17-36)8-10-27(29)31(23-6-4-3-5-7-23)32(37)28-11-9-26(41-2)19-30(28)42-21-22/h8-11,18-19,22-23,25H,3-7,12-17,20-21H2,1-2H3,(H,34,38)/t22-/m1/s1. The van der Waals surface area contributed by atoms with E-state index in [0.29, 0.717) is 37.2 Å². The van der Waals surface area contributed by atoms with Crippen molar-refractivity contribution < 1.29 is 22.7 Å². The molecule has 5 aliphatic rings. The Hall–Kier alpha value is -3.08. The lowest BCUT2D eigenvalue weighted by Gasteiger charge is -2.36. The summed E-state index contributed by atoms with van der Waals surface area (Å²) in [4.78, 5) is 15.9. The molecule has 10 heteroatoms. The van der Waals surface area contributed by atoms with E-state index in [9.17, 15) is 13.2 Å². The molecular weight excluding hydrogens is 564 g/mol. The number of piperidine rings is 1. The monoisotopic (exact) mass is 606 g/mol. The maximum atomic E-state index is 13.5. The topological polar surface area (TPSA) is 93.1 Å². The number of rotatable bonds is 2. The lowest BCUT2D eigenvalue weighted by molar-refractivity contribution is 0.0976. The second-order valence-corrected chi connectivity index (χ2v) is 14.5. The van der Waals surface area contributed by atoms with E-state index in [1.54, 1.807) is 13.2 Å². The van der Waals surface area contributed by atoms with Gasteiger partial charge in [-0.15, -0.1) is 0 Å². The molecule has 1 saturated heterocycles. The Morgan fingerprint density at radius 2 is 1.74 bits per heavy atom. The molecule has 1 atom stereocenters. The Kier molecular flexibility index (Phi) is 7.63. The number of carbonyl (C=O) groups excluding carboxylic acids is 1. The summed E-state index contributed by atoms with van der Waals surface area (Å²) in [5, 5.41) is 1.14. The number of hydrogen-bond acceptors (Lipinski definition) is 6. The van der Waals surface area contributed by atoms with Crippen molar-refractivity contribution in [2.45, 2.75) is 69.9 Å². The maximum Gasteiger partial charge on any atom is 0.304 e. The molecular formula is C33H42N4O5S. The minimum absolute atomic E-state index is 0.251. The van der Waals surface area contributed by atoms with Gasteiger partial charge in [-0.2, -0.15) is 12.7 Å². The minimum Gasteiger partial charge on any atom is -0.497 e. The first-order valence-electron chi connectivity index (χ1n) is 15.8. The number of aromatic nitrogens is 1. The number of hydrogen-bond donors (Lipinski definition) is 1. The molecule has 2 aromatic carbocycles. The molecule has 9 nitrogen and oxygen atoms in total. The van der Waals surface area contributed by atoms with Crippen LogP contribution < -0.4 is 14.2 Å². The SMILES string of the molecule is COc1ccc2c(c1)OC[C@@H]1CCN(C)C3CCN(CC3)S(=O)(=O)NC(=O)c3ccc4c(C5CCCCC5)c-2n(c4c3)C1. The molecule has 1 N–H and O–H groups in total. The second-order valence-electron chi connectivity index (χ2n) is 12.8. The molecule has 0 spiro atoms. The van der Waals surface area contributed by atoms with Crippen LogP contribution in [0.15, 0.2) is 36.4 Å². The van der Waals surface area contributed by atoms with Gasteiger partial charge in [0.25, 0.3) is 5.91 Å². The van der Waals surface area contributed by atoms with Crippen LogP contribution in [0.5, 0.6) is 11.5 Å². The number of benzene rings is 2. The summed E-state index contributed by atoms with van der Waals surface area (Å²) in [5.74, 6) is 1.66. The van der Waals surface area contributed by atoms with Crippen LogP contribution in [0.4, 0.5) is 0 Å². The molecule has 3 aromatic rings. The molecule has 230 valence electrons. The normalized spacial score (nSPS) is 26.5. The van der Waals surface area contributed by atoms with E-state index in [4.69, 9.17) is 9.47 Å². The molecule has 1 aromatic heterocycles. The molecule has 4 aliphatic heterocycles. The van der Waals surface area contributed by atoms with Gasteiger partial charge in [-0.25, -0.2) is 4.72 Å². The van der Waals surface area contributed by atoms with E-state index >= 15 is 0 Å². The van der Waals surface area contributed by atoms with E-state index < -0.39 is 16.1 Å². The summed E-state index contributed by atoms with van der Waals surface area (Å²) in [5.41, 5.74) is 4.87. The fraction of sp³-hybridized carbons (Fsp3) is 0.545. The predicted octanol–water partition coefficient (Wildman–Crippen LogP) is 5.15. The van der Waals surface area contributed by atoms with E-state index in [1.807, 2.05) is 24.3 Å². The zero-order valence-corrected chi connectivity index (χ0v) is 26.0. The third-order valence-electron chi connectivity index (χ3n) is 10.2. The van der Waals surface area contributed by atoms with Crippen LogP contribution in [0.3, 0.4) is 0 Å². The number of nitrogens with zero attached hydrogens (tertiary/aromatic N) is 3. The van der Waals surface area contributed by atoms with Crippen LogP contribution in [-0.2, 0) is 16.8 Å². The highest BCUT2D eigenvalue weighted by Crippen LogP contribution is 2.48. The van der Waals surface area contributed by atoms with Crippen LogP contribution in [0.1, 0.15) is 73.2 Å². The fourth-order valence-corrected chi connectivity index (χ4v) is 8.95. The summed E-state index contributed by atoms with van der Waals surface area (Å²) in [6, 6.07) is 12.1. The second kappa shape index (κ2) is 11.4. The summed E-state index contributed by atoms with van der Waals surface area (Å²) in [7, 11) is -0.110. The molecule has 5 heterocycles. The first-order valence-corrected chi connectivity index (χ1v) is 17.3. The molecule has 43 heavy (non-hydrogen) atoms. The summed E-state index contributed by atoms with van der Waals surface area (Å²) in [6.07, 6.45) is 8.35. The lowest BCUT2D eigenvalue weighted by atomic mass is 9.81. The Labute approximate surface area is 254 Å². The van der Waals surface area contributed by atoms with Gasteiger partial charge in [0.2, 0.25) is 0 Å². The number of methoxy groups -OCH3 is 1. The third-order valence-corrected chi connectivity index (χ3v) is 11.7. The molecule has 1 amide bonds. The number of amides is 1. The molecule has 1 aliphatic carbocycles. The van der Waals surface area contributed by atoms with Gasteiger partial charge in [-0.3, -0.25) is 4.79 Å². The van der Waals surface area contributed by atoms with Gasteiger partial charge in [-0.05, 0) is 81.4 Å². The minimum atomic E-state index is -3.94. The first kappa shape index (κ1) is 28.7. The quantitative estimate of drug-likeness (QED) is 0.434. The van der Waals surface area contributed by atoms with Gasteiger partial charge in [0, 0.05) is 59.7 Å². The highest BCUT2D eigenvalue weighted by atomic mass is 32.2. The van der Waals surface area contributed by atoms with Crippen molar-refractivity contribution in [3.05, 3.63) is 47.5 Å². The van der Waals surface area contributed by atoms with Gasteiger partial charge in [-0.1, -0.05) is 25.3 Å². The summed E-state index contributed by atoms with van der Waals surface area (Å²) in [6.45, 7) is 3.06. The van der Waals surface area contributed by atoms with Crippen LogP contribution >= 0.6 is 0 Å². The summed E-state index contributed by atoms with van der Waals surface area (Å²) < 4.78 is 44.9. The van der Waals surface area contributed by atoms with Crippen LogP contribution in [-0.4, -0.2) is 74.5 Å². The average Bonchev–Trinajstić information content (AvgIpc) is 3.33. The maximum absolute atomic E-state index is 13.5.